The number of ether oxygens (including phenoxy) is 2. The first-order chi connectivity index (χ1) is 14.4. The lowest BCUT2D eigenvalue weighted by molar-refractivity contribution is -0.384. The number of benzene rings is 3. The molecule has 0 spiro atoms. The molecule has 3 aromatic rings. The zero-order valence-corrected chi connectivity index (χ0v) is 16.0. The highest BCUT2D eigenvalue weighted by molar-refractivity contribution is 6.30. The summed E-state index contributed by atoms with van der Waals surface area (Å²) in [7, 11) is 0. The van der Waals surface area contributed by atoms with Gasteiger partial charge >= 0.3 is 5.97 Å². The van der Waals surface area contributed by atoms with E-state index in [0.29, 0.717) is 10.6 Å². The van der Waals surface area contributed by atoms with Crippen molar-refractivity contribution in [1.82, 2.24) is 0 Å². The number of nitro benzene ring substituents is 1. The van der Waals surface area contributed by atoms with Gasteiger partial charge in [0.25, 0.3) is 5.69 Å². The number of carbonyl (C=O) groups is 2. The van der Waals surface area contributed by atoms with Gasteiger partial charge in [-0.1, -0.05) is 29.8 Å². The number of Topliss-reactive ketones (excluding diaryl/α,β-unsaturated/α-hetero) is 1. The van der Waals surface area contributed by atoms with E-state index in [1.165, 1.54) is 36.4 Å². The average Bonchev–Trinajstić information content (AvgIpc) is 3.04. The molecular weight excluding hydrogens is 410 g/mol. The van der Waals surface area contributed by atoms with Gasteiger partial charge in [-0.25, -0.2) is 4.79 Å². The normalized spacial score (nSPS) is 13.6. The minimum absolute atomic E-state index is 0.0324. The first-order valence-electron chi connectivity index (χ1n) is 8.71. The monoisotopic (exact) mass is 421 g/mol. The van der Waals surface area contributed by atoms with Crippen LogP contribution in [-0.2, 0) is 0 Å². The van der Waals surface area contributed by atoms with Crippen molar-refractivity contribution in [3.63, 3.8) is 0 Å². The molecule has 1 aliphatic heterocycles. The van der Waals surface area contributed by atoms with Crippen LogP contribution in [0.2, 0.25) is 5.02 Å². The zero-order valence-electron chi connectivity index (χ0n) is 15.2. The van der Waals surface area contributed by atoms with Gasteiger partial charge < -0.3 is 9.47 Å². The van der Waals surface area contributed by atoms with Gasteiger partial charge in [0.1, 0.15) is 11.5 Å². The number of non-ortho nitro benzene ring substituents is 1. The predicted octanol–water partition coefficient (Wildman–Crippen LogP) is 5.08. The molecule has 8 heteroatoms. The van der Waals surface area contributed by atoms with Crippen LogP contribution >= 0.6 is 11.6 Å². The van der Waals surface area contributed by atoms with E-state index in [1.54, 1.807) is 30.3 Å². The third-order valence-corrected chi connectivity index (χ3v) is 4.56. The Labute approximate surface area is 175 Å². The summed E-state index contributed by atoms with van der Waals surface area (Å²) in [5.74, 6) is -0.527. The molecule has 1 aliphatic rings. The number of fused-ring (bicyclic) bond motifs is 1. The molecule has 1 heterocycles. The Morgan fingerprint density at radius 3 is 2.57 bits per heavy atom. The summed E-state index contributed by atoms with van der Waals surface area (Å²) < 4.78 is 10.9. The van der Waals surface area contributed by atoms with Crippen molar-refractivity contribution >= 4 is 35.1 Å². The van der Waals surface area contributed by atoms with E-state index in [1.807, 2.05) is 0 Å². The SMILES string of the molecule is O=C(Oc1ccc2c(c1)O/C(=C\c1ccc(Cl)cc1)C2=O)c1cccc([N+](=O)[O-])c1. The van der Waals surface area contributed by atoms with E-state index in [4.69, 9.17) is 21.1 Å². The molecule has 0 bridgehead atoms. The molecule has 3 aromatic carbocycles. The van der Waals surface area contributed by atoms with E-state index in [9.17, 15) is 19.7 Å². The molecule has 30 heavy (non-hydrogen) atoms. The third-order valence-electron chi connectivity index (χ3n) is 4.31. The van der Waals surface area contributed by atoms with Crippen molar-refractivity contribution in [3.8, 4) is 11.5 Å². The summed E-state index contributed by atoms with van der Waals surface area (Å²) in [4.78, 5) is 35.1. The number of halogens is 1. The lowest BCUT2D eigenvalue weighted by Gasteiger charge is -2.05. The molecule has 0 atom stereocenters. The van der Waals surface area contributed by atoms with Crippen molar-refractivity contribution in [3.05, 3.63) is 104 Å². The second-order valence-corrected chi connectivity index (χ2v) is 6.78. The largest absolute Gasteiger partial charge is 0.452 e. The van der Waals surface area contributed by atoms with Crippen molar-refractivity contribution in [2.45, 2.75) is 0 Å². The van der Waals surface area contributed by atoms with Gasteiger partial charge in [0.05, 0.1) is 16.1 Å². The lowest BCUT2D eigenvalue weighted by Crippen LogP contribution is -2.08. The van der Waals surface area contributed by atoms with Crippen LogP contribution in [-0.4, -0.2) is 16.7 Å². The second kappa shape index (κ2) is 7.81. The van der Waals surface area contributed by atoms with E-state index in [2.05, 4.69) is 0 Å². The Morgan fingerprint density at radius 2 is 1.83 bits per heavy atom. The second-order valence-electron chi connectivity index (χ2n) is 6.35. The van der Waals surface area contributed by atoms with Crippen molar-refractivity contribution in [2.75, 3.05) is 0 Å². The number of rotatable bonds is 4. The number of hydrogen-bond acceptors (Lipinski definition) is 6. The van der Waals surface area contributed by atoms with Crippen LogP contribution < -0.4 is 9.47 Å². The van der Waals surface area contributed by atoms with E-state index in [-0.39, 0.29) is 34.3 Å². The molecule has 7 nitrogen and oxygen atoms in total. The zero-order chi connectivity index (χ0) is 21.3. The van der Waals surface area contributed by atoms with Crippen LogP contribution in [0.25, 0.3) is 6.08 Å². The smallest absolute Gasteiger partial charge is 0.343 e. The maximum atomic E-state index is 12.5. The van der Waals surface area contributed by atoms with Gasteiger partial charge in [-0.15, -0.1) is 0 Å². The Balaban J connectivity index is 1.54. The summed E-state index contributed by atoms with van der Waals surface area (Å²) in [6.45, 7) is 0. The molecule has 0 aromatic heterocycles. The molecule has 0 unspecified atom stereocenters. The first-order valence-corrected chi connectivity index (χ1v) is 9.09. The van der Waals surface area contributed by atoms with Crippen LogP contribution in [0.4, 0.5) is 5.69 Å². The molecule has 0 aliphatic carbocycles. The number of carbonyl (C=O) groups excluding carboxylic acids is 2. The maximum absolute atomic E-state index is 12.5. The summed E-state index contributed by atoms with van der Waals surface area (Å²) in [6.07, 6.45) is 1.59. The minimum atomic E-state index is -0.764. The van der Waals surface area contributed by atoms with Crippen molar-refractivity contribution < 1.29 is 24.0 Å². The van der Waals surface area contributed by atoms with Gasteiger partial charge in [0.2, 0.25) is 5.78 Å². The summed E-state index contributed by atoms with van der Waals surface area (Å²) >= 11 is 5.86. The van der Waals surface area contributed by atoms with Gasteiger partial charge in [0.15, 0.2) is 5.76 Å². The Bertz CT molecular complexity index is 1220. The highest BCUT2D eigenvalue weighted by Gasteiger charge is 2.28. The van der Waals surface area contributed by atoms with Crippen LogP contribution in [0.15, 0.2) is 72.5 Å². The number of nitro groups is 1. The van der Waals surface area contributed by atoms with Crippen LogP contribution in [0.5, 0.6) is 11.5 Å². The molecule has 0 amide bonds. The summed E-state index contributed by atoms with van der Waals surface area (Å²) in [5, 5.41) is 11.4. The Kier molecular flexibility index (Phi) is 5.04. The summed E-state index contributed by atoms with van der Waals surface area (Å²) in [5.41, 5.74) is 0.896. The number of allylic oxidation sites excluding steroid dienone is 1. The summed E-state index contributed by atoms with van der Waals surface area (Å²) in [6, 6.07) is 16.5. The van der Waals surface area contributed by atoms with Crippen LogP contribution in [0, 0.1) is 10.1 Å². The quantitative estimate of drug-likeness (QED) is 0.191. The van der Waals surface area contributed by atoms with E-state index in [0.717, 1.165) is 11.6 Å². The van der Waals surface area contributed by atoms with Crippen LogP contribution in [0.1, 0.15) is 26.3 Å². The maximum Gasteiger partial charge on any atom is 0.343 e. The van der Waals surface area contributed by atoms with E-state index >= 15 is 0 Å². The molecule has 4 rings (SSSR count). The molecule has 0 fully saturated rings. The fraction of sp³-hybridized carbons (Fsp3) is 0. The van der Waals surface area contributed by atoms with E-state index < -0.39 is 10.9 Å². The Hall–Kier alpha value is -3.97. The Morgan fingerprint density at radius 1 is 1.07 bits per heavy atom. The molecule has 0 N–H and O–H groups in total. The fourth-order valence-electron chi connectivity index (χ4n) is 2.85. The molecule has 0 saturated carbocycles. The van der Waals surface area contributed by atoms with Crippen LogP contribution in [0.3, 0.4) is 0 Å². The van der Waals surface area contributed by atoms with Crippen molar-refractivity contribution in [1.29, 1.82) is 0 Å². The number of hydrogen-bond donors (Lipinski definition) is 0. The fourth-order valence-corrected chi connectivity index (χ4v) is 2.98. The number of esters is 1. The van der Waals surface area contributed by atoms with Gasteiger partial charge in [-0.2, -0.15) is 0 Å². The molecular formula is C22H12ClNO6. The number of nitrogens with zero attached hydrogens (tertiary/aromatic N) is 1. The molecule has 0 saturated heterocycles. The van der Waals surface area contributed by atoms with Crippen molar-refractivity contribution in [2.24, 2.45) is 0 Å². The highest BCUT2D eigenvalue weighted by Crippen LogP contribution is 2.35. The molecule has 0 radical (unpaired) electrons. The molecule has 148 valence electrons. The topological polar surface area (TPSA) is 95.7 Å². The third kappa shape index (κ3) is 3.92. The number of ketones is 1. The van der Waals surface area contributed by atoms with Gasteiger partial charge in [-0.05, 0) is 42.0 Å². The first kappa shape index (κ1) is 19.4. The average molecular weight is 422 g/mol. The van der Waals surface area contributed by atoms with Gasteiger partial charge in [-0.3, -0.25) is 14.9 Å². The lowest BCUT2D eigenvalue weighted by atomic mass is 10.1. The highest BCUT2D eigenvalue weighted by atomic mass is 35.5. The minimum Gasteiger partial charge on any atom is -0.452 e. The predicted molar refractivity (Wildman–Crippen MR) is 109 cm³/mol. The van der Waals surface area contributed by atoms with Gasteiger partial charge in [0, 0.05) is 23.2 Å². The standard InChI is InChI=1S/C22H12ClNO6/c23-15-6-4-13(5-7-15)10-20-21(25)18-9-8-17(12-19(18)30-20)29-22(26)14-2-1-3-16(11-14)24(27)28/h1-12H/b20-10-.